The van der Waals surface area contributed by atoms with Gasteiger partial charge in [0.1, 0.15) is 5.75 Å². The Morgan fingerprint density at radius 2 is 1.79 bits per heavy atom. The number of nitrogens with one attached hydrogen (secondary N) is 2. The van der Waals surface area contributed by atoms with Crippen LogP contribution in [0.4, 0.5) is 11.4 Å². The molecule has 0 spiro atoms. The number of methoxy groups -OCH3 is 1. The van der Waals surface area contributed by atoms with E-state index in [1.807, 2.05) is 24.3 Å². The zero-order chi connectivity index (χ0) is 21.2. The van der Waals surface area contributed by atoms with Gasteiger partial charge in [-0.2, -0.15) is 0 Å². The molecule has 0 unspecified atom stereocenters. The third-order valence-corrected chi connectivity index (χ3v) is 4.29. The van der Waals surface area contributed by atoms with Gasteiger partial charge in [-0.3, -0.25) is 14.4 Å². The summed E-state index contributed by atoms with van der Waals surface area (Å²) in [5.74, 6) is 0.297. The van der Waals surface area contributed by atoms with Crippen molar-refractivity contribution in [1.82, 2.24) is 5.32 Å². The fourth-order valence-corrected chi connectivity index (χ4v) is 2.90. The third kappa shape index (κ3) is 7.29. The first-order chi connectivity index (χ1) is 13.9. The standard InChI is InChI=1S/C22H27N3O4/c1-16(26)24-19-7-5-8-20(15-19)25(17(2)27)13-11-22(28)23-12-10-18-6-4-9-21(14-18)29-3/h4-9,14-15H,10-13H2,1-3H3,(H,23,28)(H,24,26). The summed E-state index contributed by atoms with van der Waals surface area (Å²) in [7, 11) is 1.62. The van der Waals surface area contributed by atoms with Crippen molar-refractivity contribution >= 4 is 29.1 Å². The SMILES string of the molecule is COc1cccc(CCNC(=O)CCN(C(C)=O)c2cccc(NC(C)=O)c2)c1. The van der Waals surface area contributed by atoms with Crippen molar-refractivity contribution in [3.05, 3.63) is 54.1 Å². The number of carbonyl (C=O) groups is 3. The molecular formula is C22H27N3O4. The van der Waals surface area contributed by atoms with Gasteiger partial charge in [0.05, 0.1) is 7.11 Å². The van der Waals surface area contributed by atoms with Crippen LogP contribution in [-0.4, -0.2) is 37.9 Å². The summed E-state index contributed by atoms with van der Waals surface area (Å²) in [6.45, 7) is 3.63. The fourth-order valence-electron chi connectivity index (χ4n) is 2.90. The van der Waals surface area contributed by atoms with Crippen LogP contribution in [0.2, 0.25) is 0 Å². The van der Waals surface area contributed by atoms with Crippen LogP contribution in [0.5, 0.6) is 5.75 Å². The number of anilines is 2. The summed E-state index contributed by atoms with van der Waals surface area (Å²) in [4.78, 5) is 37.0. The monoisotopic (exact) mass is 397 g/mol. The van der Waals surface area contributed by atoms with Crippen LogP contribution in [0.3, 0.4) is 0 Å². The third-order valence-electron chi connectivity index (χ3n) is 4.29. The van der Waals surface area contributed by atoms with Gasteiger partial charge in [0.15, 0.2) is 0 Å². The van der Waals surface area contributed by atoms with E-state index in [0.717, 1.165) is 11.3 Å². The average molecular weight is 397 g/mol. The summed E-state index contributed by atoms with van der Waals surface area (Å²) in [6, 6.07) is 14.7. The van der Waals surface area contributed by atoms with E-state index >= 15 is 0 Å². The predicted octanol–water partition coefficient (Wildman–Crippen LogP) is 2.76. The number of carbonyl (C=O) groups excluding carboxylic acids is 3. The normalized spacial score (nSPS) is 10.2. The minimum absolute atomic E-state index is 0.128. The largest absolute Gasteiger partial charge is 0.497 e. The van der Waals surface area contributed by atoms with Gasteiger partial charge in [-0.25, -0.2) is 0 Å². The maximum atomic E-state index is 12.2. The van der Waals surface area contributed by atoms with Crippen LogP contribution >= 0.6 is 0 Å². The van der Waals surface area contributed by atoms with E-state index in [1.54, 1.807) is 31.4 Å². The first-order valence-corrected chi connectivity index (χ1v) is 9.44. The van der Waals surface area contributed by atoms with Gasteiger partial charge in [0.25, 0.3) is 0 Å². The molecule has 7 heteroatoms. The lowest BCUT2D eigenvalue weighted by Crippen LogP contribution is -2.34. The van der Waals surface area contributed by atoms with Gasteiger partial charge in [-0.1, -0.05) is 18.2 Å². The van der Waals surface area contributed by atoms with Gasteiger partial charge in [-0.05, 0) is 42.3 Å². The number of ether oxygens (including phenoxy) is 1. The lowest BCUT2D eigenvalue weighted by atomic mass is 10.1. The van der Waals surface area contributed by atoms with E-state index < -0.39 is 0 Å². The fraction of sp³-hybridized carbons (Fsp3) is 0.318. The highest BCUT2D eigenvalue weighted by Gasteiger charge is 2.14. The van der Waals surface area contributed by atoms with Crippen molar-refractivity contribution in [3.63, 3.8) is 0 Å². The van der Waals surface area contributed by atoms with Crippen molar-refractivity contribution in [2.75, 3.05) is 30.4 Å². The molecule has 0 aliphatic heterocycles. The van der Waals surface area contributed by atoms with E-state index in [-0.39, 0.29) is 30.7 Å². The first-order valence-electron chi connectivity index (χ1n) is 9.44. The molecule has 0 fully saturated rings. The zero-order valence-corrected chi connectivity index (χ0v) is 17.0. The maximum absolute atomic E-state index is 12.2. The Balaban J connectivity index is 1.87. The Morgan fingerprint density at radius 1 is 1.03 bits per heavy atom. The Kier molecular flexibility index (Phi) is 8.21. The van der Waals surface area contributed by atoms with Crippen LogP contribution in [0.15, 0.2) is 48.5 Å². The lowest BCUT2D eigenvalue weighted by molar-refractivity contribution is -0.121. The van der Waals surface area contributed by atoms with E-state index in [4.69, 9.17) is 4.74 Å². The molecule has 3 amide bonds. The molecular weight excluding hydrogens is 370 g/mol. The predicted molar refractivity (Wildman–Crippen MR) is 113 cm³/mol. The smallest absolute Gasteiger partial charge is 0.223 e. The van der Waals surface area contributed by atoms with Crippen molar-refractivity contribution in [1.29, 1.82) is 0 Å². The van der Waals surface area contributed by atoms with Crippen molar-refractivity contribution < 1.29 is 19.1 Å². The molecule has 0 saturated heterocycles. The molecule has 29 heavy (non-hydrogen) atoms. The summed E-state index contributed by atoms with van der Waals surface area (Å²) in [5, 5.41) is 5.57. The Labute approximate surface area is 171 Å². The van der Waals surface area contributed by atoms with E-state index in [1.165, 1.54) is 18.7 Å². The van der Waals surface area contributed by atoms with Crippen molar-refractivity contribution in [2.45, 2.75) is 26.7 Å². The van der Waals surface area contributed by atoms with Gasteiger partial charge in [0, 0.05) is 44.7 Å². The van der Waals surface area contributed by atoms with E-state index in [0.29, 0.717) is 24.3 Å². The molecule has 154 valence electrons. The topological polar surface area (TPSA) is 87.7 Å². The van der Waals surface area contributed by atoms with Gasteiger partial charge in [-0.15, -0.1) is 0 Å². The molecule has 2 rings (SSSR count). The molecule has 2 aromatic rings. The second-order valence-corrected chi connectivity index (χ2v) is 6.60. The van der Waals surface area contributed by atoms with Crippen LogP contribution in [-0.2, 0) is 20.8 Å². The zero-order valence-electron chi connectivity index (χ0n) is 17.0. The first kappa shape index (κ1) is 21.9. The summed E-state index contributed by atoms with van der Waals surface area (Å²) < 4.78 is 5.19. The van der Waals surface area contributed by atoms with Crippen molar-refractivity contribution in [3.8, 4) is 5.75 Å². The molecule has 0 aliphatic rings. The quantitative estimate of drug-likeness (QED) is 0.681. The number of hydrogen-bond donors (Lipinski definition) is 2. The van der Waals surface area contributed by atoms with Gasteiger partial charge >= 0.3 is 0 Å². The minimum atomic E-state index is -0.188. The van der Waals surface area contributed by atoms with Crippen LogP contribution < -0.4 is 20.3 Å². The summed E-state index contributed by atoms with van der Waals surface area (Å²) >= 11 is 0. The van der Waals surface area contributed by atoms with Crippen molar-refractivity contribution in [2.24, 2.45) is 0 Å². The Morgan fingerprint density at radius 3 is 2.48 bits per heavy atom. The number of nitrogens with zero attached hydrogens (tertiary/aromatic N) is 1. The summed E-state index contributed by atoms with van der Waals surface area (Å²) in [6.07, 6.45) is 0.875. The van der Waals surface area contributed by atoms with E-state index in [2.05, 4.69) is 10.6 Å². The number of benzene rings is 2. The minimum Gasteiger partial charge on any atom is -0.497 e. The van der Waals surface area contributed by atoms with Crippen LogP contribution in [0, 0.1) is 0 Å². The second kappa shape index (κ2) is 10.8. The maximum Gasteiger partial charge on any atom is 0.223 e. The average Bonchev–Trinajstić information content (AvgIpc) is 2.68. The molecule has 2 N–H and O–H groups in total. The van der Waals surface area contributed by atoms with Gasteiger partial charge < -0.3 is 20.3 Å². The molecule has 0 heterocycles. The molecule has 0 atom stereocenters. The molecule has 0 aliphatic carbocycles. The van der Waals surface area contributed by atoms with E-state index in [9.17, 15) is 14.4 Å². The number of rotatable bonds is 9. The van der Waals surface area contributed by atoms with Crippen LogP contribution in [0.1, 0.15) is 25.8 Å². The highest BCUT2D eigenvalue weighted by atomic mass is 16.5. The van der Waals surface area contributed by atoms with Crippen LogP contribution in [0.25, 0.3) is 0 Å². The lowest BCUT2D eigenvalue weighted by Gasteiger charge is -2.21. The molecule has 0 aromatic heterocycles. The molecule has 7 nitrogen and oxygen atoms in total. The molecule has 0 bridgehead atoms. The highest BCUT2D eigenvalue weighted by Crippen LogP contribution is 2.20. The summed E-state index contributed by atoms with van der Waals surface area (Å²) in [5.41, 5.74) is 2.31. The Hall–Kier alpha value is -3.35. The molecule has 0 radical (unpaired) electrons. The van der Waals surface area contributed by atoms with Gasteiger partial charge in [0.2, 0.25) is 17.7 Å². The Bertz CT molecular complexity index is 867. The number of amides is 3. The molecule has 2 aromatic carbocycles. The molecule has 0 saturated carbocycles. The second-order valence-electron chi connectivity index (χ2n) is 6.60. The number of hydrogen-bond acceptors (Lipinski definition) is 4. The highest BCUT2D eigenvalue weighted by molar-refractivity contribution is 5.94.